The molecule has 1 amide bonds. The molecule has 0 radical (unpaired) electrons. The molecule has 0 aromatic carbocycles. The number of hydrogen-bond acceptors (Lipinski definition) is 20. The van der Waals surface area contributed by atoms with Crippen LogP contribution < -0.4 is 15.1 Å². The summed E-state index contributed by atoms with van der Waals surface area (Å²) in [6.07, 6.45) is 5.89. The number of fused-ring (bicyclic) bond motifs is 6. The first-order valence-electron chi connectivity index (χ1n) is 40.6. The molecule has 14 heterocycles. The first kappa shape index (κ1) is 92.1. The van der Waals surface area contributed by atoms with Gasteiger partial charge in [-0.25, -0.2) is 44.7 Å². The van der Waals surface area contributed by atoms with Crippen molar-refractivity contribution in [1.29, 1.82) is 0 Å². The van der Waals surface area contributed by atoms with Crippen LogP contribution in [0, 0.1) is 0 Å². The van der Waals surface area contributed by atoms with Gasteiger partial charge < -0.3 is 58.1 Å². The zero-order chi connectivity index (χ0) is 85.3. The SMILES string of the molecule is CC(C)(C)OC(=O)N1CCC(n2nc(C(=O)CCCC(F)(F)F)c3c2CCN(c2ncnc4c2ccn4COCC[Si](C)(C)C)C3)CC1.CCOCC[Si](C)(C)C.C[Si](C)(C)CCOCn1ccc2c(Cl)ncnc21.Clc1ncnc2[nH]ccc12.O=C(CCCC(F)(F)F)c1nn(C2CCNCC2)c2c1CN(c1ncnc3[nH]ccc13)CC2. The summed E-state index contributed by atoms with van der Waals surface area (Å²) >= 11 is 11.7. The molecule has 14 rings (SSSR count). The van der Waals surface area contributed by atoms with Crippen molar-refractivity contribution in [3.8, 4) is 0 Å². The van der Waals surface area contributed by atoms with Crippen LogP contribution in [0.25, 0.3) is 44.1 Å². The number of likely N-dealkylation sites (tertiary alicyclic amines) is 1. The van der Waals surface area contributed by atoms with Crippen molar-refractivity contribution in [1.82, 2.24) is 88.8 Å². The van der Waals surface area contributed by atoms with E-state index in [1.165, 1.54) is 37.4 Å². The number of piperidine rings is 2. The molecule has 27 nitrogen and oxygen atoms in total. The van der Waals surface area contributed by atoms with Crippen molar-refractivity contribution < 1.29 is 59.7 Å². The number of amides is 1. The Morgan fingerprint density at radius 1 is 0.525 bits per heavy atom. The number of nitrogens with zero attached hydrogens (tertiary/aromatic N) is 17. The average molecular weight is 1740 g/mol. The van der Waals surface area contributed by atoms with Crippen LogP contribution in [0.4, 0.5) is 42.8 Å². The number of hydrogen-bond donors (Lipinski definition) is 3. The Hall–Kier alpha value is -8.24. The number of aromatic nitrogens is 16. The molecule has 0 bridgehead atoms. The number of halogens is 8. The summed E-state index contributed by atoms with van der Waals surface area (Å²) in [5.74, 6) is 0.786. The second kappa shape index (κ2) is 40.9. The van der Waals surface area contributed by atoms with Gasteiger partial charge in [0.15, 0.2) is 11.6 Å². The number of ether oxygens (including phenoxy) is 4. The number of H-pyrrole nitrogens is 2. The van der Waals surface area contributed by atoms with E-state index in [4.69, 9.17) is 52.3 Å². The van der Waals surface area contributed by atoms with Gasteiger partial charge in [-0.3, -0.25) is 19.0 Å². The standard InChI is InChI=1S/C33H48F3N7O4Si.C22H26F3N7O.C12H18ClN3OSi.C7H18OSi.C6H4ClN3/c1-32(2,3)47-31(45)40-14-9-23(10-15-40)43-26-12-17-41(20-25(26)28(39-43)27(44)8-7-13-33(34,35)36)29-24-11-16-42(30(24)38-21-37-29)22-46-18-19-48(4,5)6;23-22(24,25)7-1-2-18(33)19-16-12-31(21-15-5-10-27-20(15)28-13-29-21)11-6-17(16)32(30-19)14-3-8-26-9-4-14;1-18(2,3)7-6-17-9-16-5-4-10-11(13)14-8-15-12(10)16;1-5-8-6-7-9(2,3)4;7-5-4-1-2-8-6(4)10-3-9-5/h11,16,21,23H,7-10,12-15,17-20,22H2,1-6H3;5,10,13-14,26H,1-4,6-9,11-12H2,(H,27,28,29);4-5,8H,6-7,9H2,1-3H3;5-7H2,1-4H3;1-3H,(H,8,9,10). The number of Topliss-reactive ketones (excluding diaryl/α,β-unsaturated/α-hetero) is 2. The lowest BCUT2D eigenvalue weighted by Crippen LogP contribution is -2.42. The number of aromatic amines is 2. The lowest BCUT2D eigenvalue weighted by molar-refractivity contribution is -0.136. The van der Waals surface area contributed by atoms with Gasteiger partial charge in [0.05, 0.1) is 33.6 Å². The Bertz CT molecular complexity index is 4930. The van der Waals surface area contributed by atoms with Crippen LogP contribution in [0.15, 0.2) is 74.4 Å². The largest absolute Gasteiger partial charge is 0.444 e. The summed E-state index contributed by atoms with van der Waals surface area (Å²) in [6.45, 7) is 37.6. The zero-order valence-electron chi connectivity index (χ0n) is 70.1. The maximum absolute atomic E-state index is 13.4. The predicted octanol–water partition coefficient (Wildman–Crippen LogP) is 17.9. The Balaban J connectivity index is 0.000000178. The number of alkyl halides is 6. The quantitative estimate of drug-likeness (QED) is 0.0149. The molecule has 10 aromatic heterocycles. The highest BCUT2D eigenvalue weighted by Gasteiger charge is 2.38. The van der Waals surface area contributed by atoms with Crippen molar-refractivity contribution in [2.24, 2.45) is 0 Å². The molecule has 10 aromatic rings. The van der Waals surface area contributed by atoms with Gasteiger partial charge in [0.1, 0.15) is 100 Å². The molecule has 4 aliphatic rings. The molecule has 0 spiro atoms. The van der Waals surface area contributed by atoms with E-state index in [1.54, 1.807) is 11.1 Å². The van der Waals surface area contributed by atoms with Crippen LogP contribution in [0.5, 0.6) is 0 Å². The molecule has 0 atom stereocenters. The topological polar surface area (TPSA) is 290 Å². The number of carbonyl (C=O) groups excluding carboxylic acids is 3. The molecule has 644 valence electrons. The van der Waals surface area contributed by atoms with Crippen molar-refractivity contribution in [2.75, 3.05) is 75.5 Å². The Morgan fingerprint density at radius 3 is 1.42 bits per heavy atom. The summed E-state index contributed by atoms with van der Waals surface area (Å²) < 4.78 is 107. The van der Waals surface area contributed by atoms with E-state index in [-0.39, 0.29) is 55.3 Å². The van der Waals surface area contributed by atoms with E-state index in [1.807, 2.05) is 89.0 Å². The Kier molecular flexibility index (Phi) is 31.9. The fourth-order valence-corrected chi connectivity index (χ4v) is 16.7. The molecule has 0 unspecified atom stereocenters. The summed E-state index contributed by atoms with van der Waals surface area (Å²) in [6, 6.07) is 11.3. The monoisotopic (exact) mass is 1730 g/mol. The van der Waals surface area contributed by atoms with Gasteiger partial charge in [-0.05, 0) is 122 Å². The van der Waals surface area contributed by atoms with E-state index in [0.717, 1.165) is 130 Å². The lowest BCUT2D eigenvalue weighted by atomic mass is 9.99. The third-order valence-electron chi connectivity index (χ3n) is 20.5. The highest BCUT2D eigenvalue weighted by atomic mass is 35.5. The van der Waals surface area contributed by atoms with E-state index in [0.29, 0.717) is 101 Å². The first-order valence-corrected chi connectivity index (χ1v) is 52.5. The van der Waals surface area contributed by atoms with Crippen molar-refractivity contribution >= 4 is 121 Å². The number of rotatable bonds is 26. The van der Waals surface area contributed by atoms with Crippen LogP contribution in [0.2, 0.25) is 87.4 Å². The van der Waals surface area contributed by atoms with Crippen molar-refractivity contribution in [3.05, 3.63) is 119 Å². The first-order chi connectivity index (χ1) is 55.8. The van der Waals surface area contributed by atoms with Crippen LogP contribution in [-0.2, 0) is 58.3 Å². The summed E-state index contributed by atoms with van der Waals surface area (Å²) in [5.41, 5.74) is 6.52. The molecular formula is C80H114Cl2F6N20O7Si3. The van der Waals surface area contributed by atoms with Crippen LogP contribution in [-0.4, -0.2) is 209 Å². The van der Waals surface area contributed by atoms with Crippen LogP contribution in [0.3, 0.4) is 0 Å². The van der Waals surface area contributed by atoms with Gasteiger partial charge >= 0.3 is 18.4 Å². The van der Waals surface area contributed by atoms with E-state index in [9.17, 15) is 40.7 Å². The second-order valence-corrected chi connectivity index (χ2v) is 52.3. The molecule has 118 heavy (non-hydrogen) atoms. The summed E-state index contributed by atoms with van der Waals surface area (Å²) in [5, 5.41) is 17.3. The van der Waals surface area contributed by atoms with Crippen molar-refractivity contribution in [3.63, 3.8) is 0 Å². The van der Waals surface area contributed by atoms with Crippen LogP contribution in [0.1, 0.15) is 147 Å². The lowest BCUT2D eigenvalue weighted by Gasteiger charge is -2.35. The second-order valence-electron chi connectivity index (χ2n) is 34.7. The van der Waals surface area contributed by atoms with Gasteiger partial charge in [0, 0.05) is 176 Å². The normalized spacial score (nSPS) is 15.2. The maximum Gasteiger partial charge on any atom is 0.410 e. The molecule has 2 saturated heterocycles. The Labute approximate surface area is 697 Å². The minimum absolute atomic E-state index is 0.0542. The zero-order valence-corrected chi connectivity index (χ0v) is 74.6. The molecule has 2 fully saturated rings. The molecule has 38 heteroatoms. The van der Waals surface area contributed by atoms with E-state index >= 15 is 0 Å². The highest BCUT2D eigenvalue weighted by Crippen LogP contribution is 2.38. The fraction of sp³-hybridized carbons (Fsp3) is 0.588. The highest BCUT2D eigenvalue weighted by molar-refractivity contribution is 6.76. The smallest absolute Gasteiger partial charge is 0.410 e. The fourth-order valence-electron chi connectivity index (χ4n) is 14.1. The van der Waals surface area contributed by atoms with Gasteiger partial charge in [0.2, 0.25) is 0 Å². The van der Waals surface area contributed by atoms with Gasteiger partial charge in [-0.15, -0.1) is 0 Å². The molecule has 3 N–H and O–H groups in total. The van der Waals surface area contributed by atoms with Gasteiger partial charge in [0.25, 0.3) is 0 Å². The van der Waals surface area contributed by atoms with Gasteiger partial charge in [-0.2, -0.15) is 36.5 Å². The summed E-state index contributed by atoms with van der Waals surface area (Å²) in [4.78, 5) is 84.8. The maximum atomic E-state index is 13.4. The average Bonchev–Trinajstić information content (AvgIpc) is 1.59. The molecule has 0 aliphatic carbocycles. The summed E-state index contributed by atoms with van der Waals surface area (Å²) in [7, 11) is -3.06. The molecule has 4 aliphatic heterocycles. The molecular weight excluding hydrogens is 1620 g/mol. The third kappa shape index (κ3) is 26.6. The predicted molar refractivity (Wildman–Crippen MR) is 455 cm³/mol. The third-order valence-corrected chi connectivity index (χ3v) is 26.2. The van der Waals surface area contributed by atoms with Crippen LogP contribution >= 0.6 is 23.2 Å². The Morgan fingerprint density at radius 2 is 0.949 bits per heavy atom. The van der Waals surface area contributed by atoms with Gasteiger partial charge in [-0.1, -0.05) is 82.1 Å². The van der Waals surface area contributed by atoms with E-state index in [2.05, 4.69) is 124 Å². The van der Waals surface area contributed by atoms with E-state index < -0.39 is 60.8 Å². The number of nitrogens with one attached hydrogen (secondary N) is 3. The number of ketones is 2. The molecule has 0 saturated carbocycles. The van der Waals surface area contributed by atoms with Crippen molar-refractivity contribution in [2.45, 2.75) is 238 Å². The number of anilines is 2. The minimum atomic E-state index is -4.33. The number of carbonyl (C=O) groups is 3. The minimum Gasteiger partial charge on any atom is -0.444 e.